The van der Waals surface area contributed by atoms with Gasteiger partial charge in [0.05, 0.1) is 24.6 Å². The first-order valence-electron chi connectivity index (χ1n) is 13.4. The van der Waals surface area contributed by atoms with Gasteiger partial charge in [0.2, 0.25) is 5.91 Å². The highest BCUT2D eigenvalue weighted by atomic mass is 16.5. The van der Waals surface area contributed by atoms with Crippen molar-refractivity contribution in [3.05, 3.63) is 140 Å². The highest BCUT2D eigenvalue weighted by Gasteiger charge is 2.16. The molecule has 4 aromatic carbocycles. The number of nitrogens with zero attached hydrogens (tertiary/aromatic N) is 2. The normalized spacial score (nSPS) is 10.8. The SMILES string of the molecule is COc1ccccc1CNC(=O)c1ccc(Cn2c(=O)c3ccccc3n(CC(=O)Nc3ccccc3C)c2=O)cc1. The van der Waals surface area contributed by atoms with E-state index in [1.165, 1.54) is 4.57 Å². The number of carbonyl (C=O) groups excluding carboxylic acids is 2. The molecule has 0 saturated carbocycles. The zero-order chi connectivity index (χ0) is 29.6. The van der Waals surface area contributed by atoms with Crippen LogP contribution < -0.4 is 26.6 Å². The minimum atomic E-state index is -0.600. The second-order valence-corrected chi connectivity index (χ2v) is 9.83. The predicted molar refractivity (Wildman–Crippen MR) is 162 cm³/mol. The van der Waals surface area contributed by atoms with Crippen LogP contribution in [0.15, 0.2) is 107 Å². The van der Waals surface area contributed by atoms with Crippen molar-refractivity contribution in [2.75, 3.05) is 12.4 Å². The van der Waals surface area contributed by atoms with E-state index >= 15 is 0 Å². The standard InChI is InChI=1S/C33H30N4O5/c1-22-9-3-6-12-27(22)35-30(38)21-36-28-13-7-5-11-26(28)32(40)37(33(36)41)20-23-15-17-24(18-16-23)31(39)34-19-25-10-4-8-14-29(25)42-2/h3-18H,19-21H2,1-2H3,(H,34,39)(H,35,38). The molecule has 0 unspecified atom stereocenters. The second-order valence-electron chi connectivity index (χ2n) is 9.83. The van der Waals surface area contributed by atoms with Crippen LogP contribution >= 0.6 is 0 Å². The molecule has 0 bridgehead atoms. The van der Waals surface area contributed by atoms with Crippen molar-refractivity contribution in [2.24, 2.45) is 0 Å². The first kappa shape index (κ1) is 28.1. The summed E-state index contributed by atoms with van der Waals surface area (Å²) in [6.07, 6.45) is 0. The smallest absolute Gasteiger partial charge is 0.332 e. The molecule has 0 aliphatic heterocycles. The molecule has 2 amide bonds. The van der Waals surface area contributed by atoms with Crippen molar-refractivity contribution in [1.82, 2.24) is 14.5 Å². The summed E-state index contributed by atoms with van der Waals surface area (Å²) in [4.78, 5) is 52.6. The molecule has 1 heterocycles. The van der Waals surface area contributed by atoms with E-state index in [4.69, 9.17) is 4.74 Å². The lowest BCUT2D eigenvalue weighted by Gasteiger charge is -2.15. The van der Waals surface area contributed by atoms with Gasteiger partial charge in [0, 0.05) is 23.4 Å². The number of nitrogens with one attached hydrogen (secondary N) is 2. The Kier molecular flexibility index (Phi) is 8.29. The molecule has 0 aliphatic carbocycles. The maximum absolute atomic E-state index is 13.6. The number of aromatic nitrogens is 2. The molecule has 0 fully saturated rings. The molecule has 0 atom stereocenters. The Bertz CT molecular complexity index is 1890. The minimum Gasteiger partial charge on any atom is -0.496 e. The van der Waals surface area contributed by atoms with Crippen molar-refractivity contribution in [1.29, 1.82) is 0 Å². The number of ether oxygens (including phenoxy) is 1. The summed E-state index contributed by atoms with van der Waals surface area (Å²) in [6, 6.07) is 28.2. The molecular weight excluding hydrogens is 532 g/mol. The van der Waals surface area contributed by atoms with E-state index in [0.717, 1.165) is 15.7 Å². The molecule has 0 radical (unpaired) electrons. The van der Waals surface area contributed by atoms with Crippen molar-refractivity contribution in [3.8, 4) is 5.75 Å². The van der Waals surface area contributed by atoms with Gasteiger partial charge < -0.3 is 15.4 Å². The topological polar surface area (TPSA) is 111 Å². The first-order chi connectivity index (χ1) is 20.4. The fraction of sp³-hybridized carbons (Fsp3) is 0.152. The Labute approximate surface area is 242 Å². The highest BCUT2D eigenvalue weighted by molar-refractivity contribution is 5.94. The average Bonchev–Trinajstić information content (AvgIpc) is 3.01. The largest absolute Gasteiger partial charge is 0.496 e. The fourth-order valence-electron chi connectivity index (χ4n) is 4.78. The van der Waals surface area contributed by atoms with Gasteiger partial charge in [-0.3, -0.25) is 23.5 Å². The van der Waals surface area contributed by atoms with Crippen LogP contribution in [0.5, 0.6) is 5.75 Å². The van der Waals surface area contributed by atoms with Crippen LogP contribution in [0.25, 0.3) is 10.9 Å². The summed E-state index contributed by atoms with van der Waals surface area (Å²) in [7, 11) is 1.58. The van der Waals surface area contributed by atoms with Gasteiger partial charge in [-0.2, -0.15) is 0 Å². The fourth-order valence-corrected chi connectivity index (χ4v) is 4.78. The molecule has 9 heteroatoms. The third kappa shape index (κ3) is 6.00. The average molecular weight is 563 g/mol. The second kappa shape index (κ2) is 12.4. The molecule has 2 N–H and O–H groups in total. The number of benzene rings is 4. The third-order valence-corrected chi connectivity index (χ3v) is 7.04. The molecule has 42 heavy (non-hydrogen) atoms. The zero-order valence-corrected chi connectivity index (χ0v) is 23.3. The Morgan fingerprint density at radius 2 is 1.50 bits per heavy atom. The van der Waals surface area contributed by atoms with Crippen LogP contribution in [0.2, 0.25) is 0 Å². The third-order valence-electron chi connectivity index (χ3n) is 7.04. The van der Waals surface area contributed by atoms with Gasteiger partial charge in [0.1, 0.15) is 12.3 Å². The number of methoxy groups -OCH3 is 1. The van der Waals surface area contributed by atoms with Gasteiger partial charge in [-0.1, -0.05) is 60.7 Å². The molecule has 5 aromatic rings. The lowest BCUT2D eigenvalue weighted by molar-refractivity contribution is -0.116. The van der Waals surface area contributed by atoms with Crippen molar-refractivity contribution < 1.29 is 14.3 Å². The number of carbonyl (C=O) groups is 2. The lowest BCUT2D eigenvalue weighted by Crippen LogP contribution is -2.42. The van der Waals surface area contributed by atoms with Gasteiger partial charge in [0.15, 0.2) is 0 Å². The summed E-state index contributed by atoms with van der Waals surface area (Å²) in [5.74, 6) is 0.0369. The quantitative estimate of drug-likeness (QED) is 0.281. The number of amides is 2. The Hall–Kier alpha value is -5.44. The monoisotopic (exact) mass is 562 g/mol. The molecule has 212 valence electrons. The van der Waals surface area contributed by atoms with Gasteiger partial charge in [0.25, 0.3) is 11.5 Å². The number of aryl methyl sites for hydroxylation is 1. The summed E-state index contributed by atoms with van der Waals surface area (Å²) >= 11 is 0. The molecule has 0 saturated heterocycles. The number of rotatable bonds is 9. The van der Waals surface area contributed by atoms with E-state index in [1.807, 2.05) is 49.4 Å². The highest BCUT2D eigenvalue weighted by Crippen LogP contribution is 2.17. The van der Waals surface area contributed by atoms with Crippen LogP contribution in [0, 0.1) is 6.92 Å². The summed E-state index contributed by atoms with van der Waals surface area (Å²) in [5.41, 5.74) is 2.81. The van der Waals surface area contributed by atoms with Crippen molar-refractivity contribution >= 4 is 28.4 Å². The Morgan fingerprint density at radius 3 is 2.26 bits per heavy atom. The predicted octanol–water partition coefficient (Wildman–Crippen LogP) is 4.10. The van der Waals surface area contributed by atoms with Gasteiger partial charge >= 0.3 is 5.69 Å². The van der Waals surface area contributed by atoms with Crippen LogP contribution in [0.4, 0.5) is 5.69 Å². The summed E-state index contributed by atoms with van der Waals surface area (Å²) in [5, 5.41) is 6.05. The van der Waals surface area contributed by atoms with Crippen LogP contribution in [-0.4, -0.2) is 28.1 Å². The van der Waals surface area contributed by atoms with Crippen LogP contribution in [-0.2, 0) is 24.4 Å². The van der Waals surface area contributed by atoms with E-state index < -0.39 is 11.2 Å². The van der Waals surface area contributed by atoms with E-state index in [-0.39, 0.29) is 24.9 Å². The number of anilines is 1. The number of hydrogen-bond acceptors (Lipinski definition) is 5. The molecule has 0 spiro atoms. The van der Waals surface area contributed by atoms with Gasteiger partial charge in [-0.25, -0.2) is 4.79 Å². The van der Waals surface area contributed by atoms with Crippen molar-refractivity contribution in [2.45, 2.75) is 26.6 Å². The maximum Gasteiger partial charge on any atom is 0.332 e. The Morgan fingerprint density at radius 1 is 0.810 bits per heavy atom. The van der Waals surface area contributed by atoms with Crippen LogP contribution in [0.3, 0.4) is 0 Å². The first-order valence-corrected chi connectivity index (χ1v) is 13.4. The summed E-state index contributed by atoms with van der Waals surface area (Å²) in [6.45, 7) is 1.89. The van der Waals surface area contributed by atoms with E-state index in [2.05, 4.69) is 10.6 Å². The molecule has 5 rings (SSSR count). The Balaban J connectivity index is 1.37. The molecule has 0 aliphatic rings. The molecular formula is C33H30N4O5. The number of para-hydroxylation sites is 3. The number of hydrogen-bond donors (Lipinski definition) is 2. The molecule has 1 aromatic heterocycles. The van der Waals surface area contributed by atoms with Gasteiger partial charge in [-0.05, 0) is 54.4 Å². The van der Waals surface area contributed by atoms with E-state index in [1.54, 1.807) is 61.7 Å². The number of fused-ring (bicyclic) bond motifs is 1. The van der Waals surface area contributed by atoms with Gasteiger partial charge in [-0.15, -0.1) is 0 Å². The van der Waals surface area contributed by atoms with E-state index in [0.29, 0.717) is 40.0 Å². The zero-order valence-electron chi connectivity index (χ0n) is 23.3. The summed E-state index contributed by atoms with van der Waals surface area (Å²) < 4.78 is 7.75. The maximum atomic E-state index is 13.6. The van der Waals surface area contributed by atoms with Crippen molar-refractivity contribution in [3.63, 3.8) is 0 Å². The lowest BCUT2D eigenvalue weighted by atomic mass is 10.1. The minimum absolute atomic E-state index is 0.0228. The van der Waals surface area contributed by atoms with E-state index in [9.17, 15) is 19.2 Å². The molecule has 9 nitrogen and oxygen atoms in total. The van der Waals surface area contributed by atoms with Crippen LogP contribution in [0.1, 0.15) is 27.0 Å².